The first-order valence-corrected chi connectivity index (χ1v) is 12.2. The van der Waals surface area contributed by atoms with Gasteiger partial charge in [-0.25, -0.2) is 0 Å². The summed E-state index contributed by atoms with van der Waals surface area (Å²) in [7, 11) is 0. The van der Waals surface area contributed by atoms with E-state index in [2.05, 4.69) is 47.9 Å². The van der Waals surface area contributed by atoms with E-state index in [4.69, 9.17) is 0 Å². The van der Waals surface area contributed by atoms with E-state index in [1.165, 1.54) is 43.2 Å². The number of hydrogen-bond donors (Lipinski definition) is 0. The number of aryl methyl sites for hydroxylation is 1. The summed E-state index contributed by atoms with van der Waals surface area (Å²) in [5, 5.41) is 0. The van der Waals surface area contributed by atoms with Gasteiger partial charge in [0.1, 0.15) is 0 Å². The molecule has 0 aromatic heterocycles. The quantitative estimate of drug-likeness (QED) is 0.722. The van der Waals surface area contributed by atoms with Crippen molar-refractivity contribution in [1.29, 1.82) is 0 Å². The van der Waals surface area contributed by atoms with Gasteiger partial charge in [-0.05, 0) is 79.2 Å². The molecule has 0 radical (unpaired) electrons. The predicted octanol–water partition coefficient (Wildman–Crippen LogP) is 4.71. The molecule has 3 nitrogen and oxygen atoms in total. The van der Waals surface area contributed by atoms with Crippen molar-refractivity contribution in [2.24, 2.45) is 23.7 Å². The minimum Gasteiger partial charge on any atom is -0.340 e. The third-order valence-corrected chi connectivity index (χ3v) is 8.54. The van der Waals surface area contributed by atoms with Crippen molar-refractivity contribution in [3.63, 3.8) is 0 Å². The summed E-state index contributed by atoms with van der Waals surface area (Å²) in [6, 6.07) is 9.67. The van der Waals surface area contributed by atoms with Crippen molar-refractivity contribution in [1.82, 2.24) is 9.80 Å². The van der Waals surface area contributed by atoms with Crippen LogP contribution in [-0.4, -0.2) is 47.9 Å². The molecule has 1 aromatic carbocycles. The molecular formula is C26H38N2O. The van der Waals surface area contributed by atoms with Crippen molar-refractivity contribution in [3.8, 4) is 0 Å². The van der Waals surface area contributed by atoms with E-state index in [1.807, 2.05) is 0 Å². The van der Waals surface area contributed by atoms with E-state index in [0.717, 1.165) is 62.3 Å². The van der Waals surface area contributed by atoms with E-state index >= 15 is 0 Å². The molecule has 3 heteroatoms. The lowest BCUT2D eigenvalue weighted by atomic mass is 9.54. The maximum absolute atomic E-state index is 12.8. The Balaban J connectivity index is 1.10. The smallest absolute Gasteiger partial charge is 0.222 e. The molecular weight excluding hydrogens is 356 g/mol. The molecule has 1 aromatic rings. The minimum absolute atomic E-state index is 0.350. The molecule has 1 amide bonds. The van der Waals surface area contributed by atoms with Gasteiger partial charge in [0.15, 0.2) is 0 Å². The number of carbonyl (C=O) groups is 1. The summed E-state index contributed by atoms with van der Waals surface area (Å²) < 4.78 is 0. The Morgan fingerprint density at radius 2 is 1.48 bits per heavy atom. The predicted molar refractivity (Wildman–Crippen MR) is 118 cm³/mol. The highest BCUT2D eigenvalue weighted by Crippen LogP contribution is 2.55. The van der Waals surface area contributed by atoms with Gasteiger partial charge in [-0.1, -0.05) is 38.1 Å². The topological polar surface area (TPSA) is 23.6 Å². The zero-order valence-electron chi connectivity index (χ0n) is 18.4. The average Bonchev–Trinajstić information content (AvgIpc) is 2.72. The van der Waals surface area contributed by atoms with Crippen LogP contribution in [0, 0.1) is 23.7 Å². The van der Waals surface area contributed by atoms with Crippen LogP contribution in [0.1, 0.15) is 69.4 Å². The molecule has 0 N–H and O–H groups in total. The maximum Gasteiger partial charge on any atom is 0.222 e. The Labute approximate surface area is 176 Å². The number of hydrogen-bond acceptors (Lipinski definition) is 2. The molecule has 1 aliphatic heterocycles. The second-order valence-electron chi connectivity index (χ2n) is 10.7. The Hall–Kier alpha value is -1.35. The van der Waals surface area contributed by atoms with Gasteiger partial charge in [-0.2, -0.15) is 0 Å². The normalized spacial score (nSPS) is 34.2. The van der Waals surface area contributed by atoms with Crippen LogP contribution in [0.25, 0.3) is 0 Å². The standard InChI is InChI=1S/C26H38N2O/c1-18(2)22-6-3-19(4-7-22)5-8-25(29)27-9-11-28(12-10-27)26-23-14-20-13-21(16-23)17-24(26)15-20/h3-4,6-7,18,20-21,23-24,26H,5,8-17H2,1-2H3. The van der Waals surface area contributed by atoms with E-state index in [-0.39, 0.29) is 0 Å². The summed E-state index contributed by atoms with van der Waals surface area (Å²) in [5.74, 6) is 4.93. The summed E-state index contributed by atoms with van der Waals surface area (Å²) >= 11 is 0. The lowest BCUT2D eigenvalue weighted by Gasteiger charge is -2.58. The molecule has 6 rings (SSSR count). The number of nitrogens with zero attached hydrogens (tertiary/aromatic N) is 2. The molecule has 1 heterocycles. The lowest BCUT2D eigenvalue weighted by Crippen LogP contribution is -2.60. The largest absolute Gasteiger partial charge is 0.340 e. The van der Waals surface area contributed by atoms with Gasteiger partial charge in [0, 0.05) is 38.6 Å². The molecule has 1 saturated heterocycles. The van der Waals surface area contributed by atoms with E-state index in [9.17, 15) is 4.79 Å². The summed E-state index contributed by atoms with van der Waals surface area (Å²) in [6.45, 7) is 8.52. The Morgan fingerprint density at radius 3 is 2.03 bits per heavy atom. The Kier molecular flexibility index (Phi) is 5.45. The van der Waals surface area contributed by atoms with Crippen LogP contribution in [0.2, 0.25) is 0 Å². The molecule has 29 heavy (non-hydrogen) atoms. The van der Waals surface area contributed by atoms with Crippen LogP contribution in [0.3, 0.4) is 0 Å². The zero-order chi connectivity index (χ0) is 20.0. The van der Waals surface area contributed by atoms with Gasteiger partial charge in [0.2, 0.25) is 5.91 Å². The number of carbonyl (C=O) groups excluding carboxylic acids is 1. The molecule has 0 atom stereocenters. The van der Waals surface area contributed by atoms with Gasteiger partial charge in [0.05, 0.1) is 0 Å². The van der Waals surface area contributed by atoms with Crippen LogP contribution < -0.4 is 0 Å². The SMILES string of the molecule is CC(C)c1ccc(CCC(=O)N2CCN(C3C4CC5CC(C4)CC3C5)CC2)cc1. The lowest BCUT2D eigenvalue weighted by molar-refractivity contribution is -0.135. The highest BCUT2D eigenvalue weighted by atomic mass is 16.2. The van der Waals surface area contributed by atoms with Crippen molar-refractivity contribution >= 4 is 5.91 Å². The Morgan fingerprint density at radius 1 is 0.897 bits per heavy atom. The van der Waals surface area contributed by atoms with E-state index < -0.39 is 0 Å². The molecule has 4 bridgehead atoms. The van der Waals surface area contributed by atoms with Crippen LogP contribution in [-0.2, 0) is 11.2 Å². The summed E-state index contributed by atoms with van der Waals surface area (Å²) in [5.41, 5.74) is 2.66. The second kappa shape index (κ2) is 8.06. The molecule has 4 saturated carbocycles. The molecule has 158 valence electrons. The first kappa shape index (κ1) is 19.6. The van der Waals surface area contributed by atoms with Crippen LogP contribution in [0.4, 0.5) is 0 Å². The fourth-order valence-electron chi connectivity index (χ4n) is 7.24. The van der Waals surface area contributed by atoms with Crippen molar-refractivity contribution in [3.05, 3.63) is 35.4 Å². The average molecular weight is 395 g/mol. The van der Waals surface area contributed by atoms with Crippen LogP contribution >= 0.6 is 0 Å². The fraction of sp³-hybridized carbons (Fsp3) is 0.731. The van der Waals surface area contributed by atoms with E-state index in [1.54, 1.807) is 0 Å². The van der Waals surface area contributed by atoms with E-state index in [0.29, 0.717) is 18.2 Å². The minimum atomic E-state index is 0.350. The molecule has 0 spiro atoms. The van der Waals surface area contributed by atoms with Gasteiger partial charge >= 0.3 is 0 Å². The van der Waals surface area contributed by atoms with Crippen molar-refractivity contribution in [2.45, 2.75) is 70.8 Å². The zero-order valence-corrected chi connectivity index (χ0v) is 18.4. The molecule has 0 unspecified atom stereocenters. The van der Waals surface area contributed by atoms with Gasteiger partial charge in [-0.3, -0.25) is 9.69 Å². The first-order valence-electron chi connectivity index (χ1n) is 12.2. The van der Waals surface area contributed by atoms with Crippen molar-refractivity contribution < 1.29 is 4.79 Å². The Bertz CT molecular complexity index is 689. The highest BCUT2D eigenvalue weighted by Gasteiger charge is 2.50. The number of piperazine rings is 1. The van der Waals surface area contributed by atoms with Crippen LogP contribution in [0.5, 0.6) is 0 Å². The van der Waals surface area contributed by atoms with Crippen LogP contribution in [0.15, 0.2) is 24.3 Å². The highest BCUT2D eigenvalue weighted by molar-refractivity contribution is 5.76. The number of rotatable bonds is 5. The third kappa shape index (κ3) is 4.00. The fourth-order valence-corrected chi connectivity index (χ4v) is 7.24. The van der Waals surface area contributed by atoms with Crippen molar-refractivity contribution in [2.75, 3.05) is 26.2 Å². The van der Waals surface area contributed by atoms with Gasteiger partial charge in [0.25, 0.3) is 0 Å². The maximum atomic E-state index is 12.8. The number of amides is 1. The summed E-state index contributed by atoms with van der Waals surface area (Å²) in [4.78, 5) is 17.7. The summed E-state index contributed by atoms with van der Waals surface area (Å²) in [6.07, 6.45) is 9.02. The second-order valence-corrected chi connectivity index (χ2v) is 10.7. The van der Waals surface area contributed by atoms with Gasteiger partial charge in [-0.15, -0.1) is 0 Å². The molecule has 4 aliphatic carbocycles. The monoisotopic (exact) mass is 394 g/mol. The van der Waals surface area contributed by atoms with Gasteiger partial charge < -0.3 is 4.90 Å². The number of benzene rings is 1. The molecule has 5 aliphatic rings. The molecule has 5 fully saturated rings. The third-order valence-electron chi connectivity index (χ3n) is 8.54. The first-order chi connectivity index (χ1) is 14.1.